The molecule has 0 saturated carbocycles. The zero-order chi connectivity index (χ0) is 15.1. The van der Waals surface area contributed by atoms with Crippen molar-refractivity contribution in [3.8, 4) is 11.8 Å². The zero-order valence-corrected chi connectivity index (χ0v) is 14.4. The first-order valence-corrected chi connectivity index (χ1v) is 6.41. The van der Waals surface area contributed by atoms with E-state index in [1.807, 2.05) is 36.4 Å². The molecule has 0 radical (unpaired) electrons. The zero-order valence-electron chi connectivity index (χ0n) is 12.1. The molecule has 0 amide bonds. The number of guanidine groups is 1. The van der Waals surface area contributed by atoms with E-state index in [2.05, 4.69) is 16.4 Å². The van der Waals surface area contributed by atoms with Gasteiger partial charge in [0.15, 0.2) is 5.96 Å². The Hall–Kier alpha value is -2.27. The quantitative estimate of drug-likeness (QED) is 0.463. The number of nitrogens with two attached hydrogens (primary N) is 1. The second-order valence-corrected chi connectivity index (χ2v) is 4.36. The molecule has 0 aliphatic rings. The predicted molar refractivity (Wildman–Crippen MR) is 98.5 cm³/mol. The average molecular weight is 408 g/mol. The van der Waals surface area contributed by atoms with Crippen LogP contribution < -0.4 is 15.8 Å². The fourth-order valence-corrected chi connectivity index (χ4v) is 1.72. The van der Waals surface area contributed by atoms with E-state index in [0.717, 1.165) is 17.0 Å². The second kappa shape index (κ2) is 8.89. The minimum Gasteiger partial charge on any atom is -0.497 e. The Kier molecular flexibility index (Phi) is 7.19. The van der Waals surface area contributed by atoms with Crippen LogP contribution in [0.5, 0.6) is 5.75 Å². The van der Waals surface area contributed by atoms with Crippen molar-refractivity contribution in [2.45, 2.75) is 6.54 Å². The summed E-state index contributed by atoms with van der Waals surface area (Å²) in [5.41, 5.74) is 8.31. The maximum atomic E-state index is 8.73. The molecule has 0 aliphatic carbocycles. The molecular weight excluding hydrogens is 391 g/mol. The molecule has 2 rings (SSSR count). The van der Waals surface area contributed by atoms with Gasteiger partial charge in [-0.3, -0.25) is 0 Å². The van der Waals surface area contributed by atoms with E-state index in [0.29, 0.717) is 18.1 Å². The van der Waals surface area contributed by atoms with Crippen LogP contribution in [-0.4, -0.2) is 13.1 Å². The van der Waals surface area contributed by atoms with Crippen LogP contribution in [0.4, 0.5) is 5.69 Å². The molecule has 0 aliphatic heterocycles. The molecule has 0 unspecified atom stereocenters. The Morgan fingerprint density at radius 3 is 2.36 bits per heavy atom. The summed E-state index contributed by atoms with van der Waals surface area (Å²) in [5, 5.41) is 11.7. The van der Waals surface area contributed by atoms with Crippen molar-refractivity contribution < 1.29 is 4.74 Å². The lowest BCUT2D eigenvalue weighted by Crippen LogP contribution is -2.22. The van der Waals surface area contributed by atoms with E-state index >= 15 is 0 Å². The highest BCUT2D eigenvalue weighted by Crippen LogP contribution is 2.14. The molecule has 0 bridgehead atoms. The molecule has 0 atom stereocenters. The second-order valence-electron chi connectivity index (χ2n) is 4.36. The lowest BCUT2D eigenvalue weighted by atomic mass is 10.1. The van der Waals surface area contributed by atoms with Gasteiger partial charge in [0.1, 0.15) is 5.75 Å². The number of methoxy groups -OCH3 is 1. The smallest absolute Gasteiger partial charge is 0.193 e. The number of benzene rings is 2. The molecular formula is C16H17IN4O. The van der Waals surface area contributed by atoms with Gasteiger partial charge in [-0.25, -0.2) is 4.99 Å². The molecule has 0 heterocycles. The Morgan fingerprint density at radius 1 is 1.18 bits per heavy atom. The van der Waals surface area contributed by atoms with Gasteiger partial charge < -0.3 is 15.8 Å². The van der Waals surface area contributed by atoms with Gasteiger partial charge in [0, 0.05) is 5.69 Å². The number of hydrogen-bond acceptors (Lipinski definition) is 3. The summed E-state index contributed by atoms with van der Waals surface area (Å²) in [6.07, 6.45) is 0. The standard InChI is InChI=1S/C16H16N4O.HI/c1-21-15-8-6-14(7-9-15)20-16(18)19-11-13-4-2-12(10-17)3-5-13;/h2-9H,11H2,1H3,(H3,18,19,20);1H. The monoisotopic (exact) mass is 408 g/mol. The van der Waals surface area contributed by atoms with E-state index in [1.165, 1.54) is 0 Å². The Morgan fingerprint density at radius 2 is 1.82 bits per heavy atom. The van der Waals surface area contributed by atoms with Gasteiger partial charge in [0.25, 0.3) is 0 Å². The number of nitriles is 1. The normalized spacial score (nSPS) is 10.3. The summed E-state index contributed by atoms with van der Waals surface area (Å²) < 4.78 is 5.09. The van der Waals surface area contributed by atoms with Gasteiger partial charge in [-0.2, -0.15) is 5.26 Å². The number of nitrogens with one attached hydrogen (secondary N) is 1. The van der Waals surface area contributed by atoms with Crippen LogP contribution >= 0.6 is 24.0 Å². The molecule has 3 N–H and O–H groups in total. The van der Waals surface area contributed by atoms with Crippen molar-refractivity contribution in [2.75, 3.05) is 12.4 Å². The summed E-state index contributed by atoms with van der Waals surface area (Å²) in [5.74, 6) is 1.12. The van der Waals surface area contributed by atoms with E-state index in [4.69, 9.17) is 15.7 Å². The summed E-state index contributed by atoms with van der Waals surface area (Å²) in [6.45, 7) is 0.459. The minimum atomic E-state index is 0. The first-order chi connectivity index (χ1) is 10.2. The Balaban J connectivity index is 0.00000242. The highest BCUT2D eigenvalue weighted by atomic mass is 127. The fraction of sp³-hybridized carbons (Fsp3) is 0.125. The van der Waals surface area contributed by atoms with Crippen molar-refractivity contribution in [1.82, 2.24) is 0 Å². The van der Waals surface area contributed by atoms with Crippen molar-refractivity contribution in [1.29, 1.82) is 5.26 Å². The van der Waals surface area contributed by atoms with Crippen LogP contribution in [0.2, 0.25) is 0 Å². The fourth-order valence-electron chi connectivity index (χ4n) is 1.72. The number of nitrogens with zero attached hydrogens (tertiary/aromatic N) is 2. The molecule has 114 valence electrons. The van der Waals surface area contributed by atoms with Gasteiger partial charge in [0.05, 0.1) is 25.3 Å². The molecule has 5 nitrogen and oxygen atoms in total. The maximum Gasteiger partial charge on any atom is 0.193 e. The van der Waals surface area contributed by atoms with Gasteiger partial charge in [-0.05, 0) is 42.0 Å². The number of ether oxygens (including phenoxy) is 1. The molecule has 2 aromatic carbocycles. The Bertz CT molecular complexity index is 660. The van der Waals surface area contributed by atoms with Crippen LogP contribution in [0.15, 0.2) is 53.5 Å². The molecule has 0 saturated heterocycles. The molecule has 6 heteroatoms. The minimum absolute atomic E-state index is 0. The van der Waals surface area contributed by atoms with E-state index in [1.54, 1.807) is 19.2 Å². The van der Waals surface area contributed by atoms with Gasteiger partial charge in [0.2, 0.25) is 0 Å². The molecule has 0 aromatic heterocycles. The van der Waals surface area contributed by atoms with Crippen molar-refractivity contribution >= 4 is 35.6 Å². The van der Waals surface area contributed by atoms with Gasteiger partial charge in [-0.1, -0.05) is 12.1 Å². The number of hydrogen-bond donors (Lipinski definition) is 2. The third-order valence-corrected chi connectivity index (χ3v) is 2.88. The van der Waals surface area contributed by atoms with Crippen molar-refractivity contribution in [3.05, 3.63) is 59.7 Å². The van der Waals surface area contributed by atoms with E-state index in [9.17, 15) is 0 Å². The lowest BCUT2D eigenvalue weighted by Gasteiger charge is -2.06. The molecule has 2 aromatic rings. The van der Waals surface area contributed by atoms with Crippen LogP contribution in [0.25, 0.3) is 0 Å². The molecule has 0 spiro atoms. The van der Waals surface area contributed by atoms with Crippen molar-refractivity contribution in [2.24, 2.45) is 10.7 Å². The summed E-state index contributed by atoms with van der Waals surface area (Å²) >= 11 is 0. The van der Waals surface area contributed by atoms with Crippen LogP contribution in [0, 0.1) is 11.3 Å². The topological polar surface area (TPSA) is 83.4 Å². The maximum absolute atomic E-state index is 8.73. The number of aliphatic imine (C=N–C) groups is 1. The number of anilines is 1. The average Bonchev–Trinajstić information content (AvgIpc) is 2.54. The van der Waals surface area contributed by atoms with Gasteiger partial charge >= 0.3 is 0 Å². The molecule has 0 fully saturated rings. The third kappa shape index (κ3) is 5.26. The Labute approximate surface area is 146 Å². The summed E-state index contributed by atoms with van der Waals surface area (Å²) in [4.78, 5) is 4.26. The lowest BCUT2D eigenvalue weighted by molar-refractivity contribution is 0.415. The van der Waals surface area contributed by atoms with Crippen LogP contribution in [-0.2, 0) is 6.54 Å². The van der Waals surface area contributed by atoms with Gasteiger partial charge in [-0.15, -0.1) is 24.0 Å². The molecule has 22 heavy (non-hydrogen) atoms. The number of rotatable bonds is 4. The SMILES string of the molecule is COc1ccc(NC(N)=NCc2ccc(C#N)cc2)cc1.I. The predicted octanol–water partition coefficient (Wildman–Crippen LogP) is 3.11. The highest BCUT2D eigenvalue weighted by Gasteiger charge is 1.97. The highest BCUT2D eigenvalue weighted by molar-refractivity contribution is 14.0. The first kappa shape index (κ1) is 17.8. The van der Waals surface area contributed by atoms with E-state index in [-0.39, 0.29) is 24.0 Å². The van der Waals surface area contributed by atoms with Crippen LogP contribution in [0.1, 0.15) is 11.1 Å². The third-order valence-electron chi connectivity index (χ3n) is 2.88. The van der Waals surface area contributed by atoms with Crippen molar-refractivity contribution in [3.63, 3.8) is 0 Å². The van der Waals surface area contributed by atoms with Crippen LogP contribution in [0.3, 0.4) is 0 Å². The largest absolute Gasteiger partial charge is 0.497 e. The summed E-state index contributed by atoms with van der Waals surface area (Å²) in [6, 6.07) is 16.7. The number of halogens is 1. The summed E-state index contributed by atoms with van der Waals surface area (Å²) in [7, 11) is 1.62. The van der Waals surface area contributed by atoms with E-state index < -0.39 is 0 Å². The first-order valence-electron chi connectivity index (χ1n) is 6.41.